The number of carbonyl (C=O) groups is 1. The summed E-state index contributed by atoms with van der Waals surface area (Å²) in [6, 6.07) is 12.7. The van der Waals surface area contributed by atoms with Crippen LogP contribution < -0.4 is 15.5 Å². The summed E-state index contributed by atoms with van der Waals surface area (Å²) in [5.74, 6) is 0.954. The van der Waals surface area contributed by atoms with Crippen LogP contribution in [0.25, 0.3) is 21.6 Å². The number of hydrogen-bond acceptors (Lipinski definition) is 9. The molecule has 0 spiro atoms. The minimum absolute atomic E-state index is 0.135. The third-order valence-electron chi connectivity index (χ3n) is 5.94. The minimum Gasteiger partial charge on any atom is -0.378 e. The van der Waals surface area contributed by atoms with E-state index in [1.165, 1.54) is 0 Å². The molecule has 2 N–H and O–H groups in total. The number of thiazole rings is 1. The van der Waals surface area contributed by atoms with Crippen molar-refractivity contribution in [1.29, 1.82) is 0 Å². The second kappa shape index (κ2) is 9.61. The average molecular weight is 493 g/mol. The first kappa shape index (κ1) is 22.0. The minimum atomic E-state index is -0.340. The van der Waals surface area contributed by atoms with E-state index < -0.39 is 0 Å². The first-order chi connectivity index (χ1) is 17.2. The molecule has 1 atom stereocenters. The Balaban J connectivity index is 1.12. The summed E-state index contributed by atoms with van der Waals surface area (Å²) in [5, 5.41) is 10.8. The number of hydrogen-bond donors (Lipinski definition) is 2. The van der Waals surface area contributed by atoms with Gasteiger partial charge in [-0.15, -0.1) is 0 Å². The number of amides is 2. The highest BCUT2D eigenvalue weighted by atomic mass is 32.1. The van der Waals surface area contributed by atoms with Crippen molar-refractivity contribution in [2.24, 2.45) is 0 Å². The fraction of sp³-hybridized carbons (Fsp3) is 0.333. The molecule has 35 heavy (non-hydrogen) atoms. The van der Waals surface area contributed by atoms with Gasteiger partial charge in [0.15, 0.2) is 5.13 Å². The first-order valence-electron chi connectivity index (χ1n) is 11.6. The van der Waals surface area contributed by atoms with Crippen molar-refractivity contribution in [2.75, 3.05) is 48.4 Å². The van der Waals surface area contributed by atoms with Gasteiger partial charge < -0.3 is 29.5 Å². The lowest BCUT2D eigenvalue weighted by molar-refractivity contribution is 0.0835. The Morgan fingerprint density at radius 1 is 1.03 bits per heavy atom. The first-order valence-corrected chi connectivity index (χ1v) is 12.4. The van der Waals surface area contributed by atoms with Gasteiger partial charge in [0.25, 0.3) is 5.89 Å². The highest BCUT2D eigenvalue weighted by Crippen LogP contribution is 2.32. The molecule has 2 aliphatic rings. The molecule has 6 rings (SSSR count). The molecule has 11 heteroatoms. The van der Waals surface area contributed by atoms with E-state index in [1.807, 2.05) is 42.5 Å². The maximum Gasteiger partial charge on any atom is 0.323 e. The number of aromatic nitrogens is 3. The van der Waals surface area contributed by atoms with Crippen molar-refractivity contribution in [1.82, 2.24) is 15.1 Å². The lowest BCUT2D eigenvalue weighted by Gasteiger charge is -2.25. The zero-order valence-corrected chi connectivity index (χ0v) is 19.7. The lowest BCUT2D eigenvalue weighted by Crippen LogP contribution is -2.36. The van der Waals surface area contributed by atoms with Gasteiger partial charge in [-0.2, -0.15) is 4.98 Å². The third-order valence-corrected chi connectivity index (χ3v) is 7.02. The molecular weight excluding hydrogens is 468 g/mol. The van der Waals surface area contributed by atoms with Gasteiger partial charge >= 0.3 is 6.03 Å². The SMILES string of the molecule is O=C(Nc1cccc(-c2noc(C3CCCO3)n2)c1)Nc1ccc2nc(N3CCOCC3)sc2c1. The summed E-state index contributed by atoms with van der Waals surface area (Å²) < 4.78 is 17.4. The van der Waals surface area contributed by atoms with Crippen LogP contribution in [0.5, 0.6) is 0 Å². The number of fused-ring (bicyclic) bond motifs is 1. The Bertz CT molecular complexity index is 1340. The quantitative estimate of drug-likeness (QED) is 0.413. The van der Waals surface area contributed by atoms with E-state index >= 15 is 0 Å². The predicted molar refractivity (Wildman–Crippen MR) is 133 cm³/mol. The molecule has 1 unspecified atom stereocenters. The molecule has 2 amide bonds. The van der Waals surface area contributed by atoms with Crippen molar-refractivity contribution in [3.63, 3.8) is 0 Å². The number of ether oxygens (including phenoxy) is 2. The van der Waals surface area contributed by atoms with Crippen molar-refractivity contribution >= 4 is 44.1 Å². The van der Waals surface area contributed by atoms with E-state index in [0.29, 0.717) is 42.9 Å². The second-order valence-electron chi connectivity index (χ2n) is 8.40. The number of nitrogens with one attached hydrogen (secondary N) is 2. The number of anilines is 3. The fourth-order valence-corrected chi connectivity index (χ4v) is 5.22. The molecule has 2 fully saturated rings. The molecule has 0 saturated carbocycles. The number of morpholine rings is 1. The molecular formula is C24H24N6O4S. The standard InChI is InChI=1S/C24H24N6O4S/c31-23(26-17-6-7-18-20(14-17)35-24(27-18)30-8-11-32-12-9-30)25-16-4-1-3-15(13-16)21-28-22(34-29-21)19-5-2-10-33-19/h1,3-4,6-7,13-14,19H,2,5,8-12H2,(H2,25,26,31). The topological polar surface area (TPSA) is 115 Å². The molecule has 4 aromatic rings. The van der Waals surface area contributed by atoms with Crippen molar-refractivity contribution < 1.29 is 18.8 Å². The largest absolute Gasteiger partial charge is 0.378 e. The number of nitrogens with zero attached hydrogens (tertiary/aromatic N) is 4. The Kier molecular flexibility index (Phi) is 6.03. The maximum atomic E-state index is 12.7. The van der Waals surface area contributed by atoms with Crippen LogP contribution in [0.4, 0.5) is 21.3 Å². The zero-order valence-electron chi connectivity index (χ0n) is 18.9. The van der Waals surface area contributed by atoms with Gasteiger partial charge in [-0.1, -0.05) is 28.6 Å². The molecule has 4 heterocycles. The van der Waals surface area contributed by atoms with Crippen LogP contribution >= 0.6 is 11.3 Å². The van der Waals surface area contributed by atoms with Crippen LogP contribution in [0.2, 0.25) is 0 Å². The Morgan fingerprint density at radius 2 is 1.89 bits per heavy atom. The third kappa shape index (κ3) is 4.83. The summed E-state index contributed by atoms with van der Waals surface area (Å²) in [7, 11) is 0. The van der Waals surface area contributed by atoms with Gasteiger partial charge in [0.05, 0.1) is 23.4 Å². The highest BCUT2D eigenvalue weighted by Gasteiger charge is 2.24. The Labute approximate surface area is 205 Å². The maximum absolute atomic E-state index is 12.7. The van der Waals surface area contributed by atoms with E-state index in [-0.39, 0.29) is 12.1 Å². The van der Waals surface area contributed by atoms with Crippen LogP contribution in [0.3, 0.4) is 0 Å². The van der Waals surface area contributed by atoms with Gasteiger partial charge in [0.1, 0.15) is 6.10 Å². The molecule has 0 radical (unpaired) electrons. The molecule has 2 aliphatic heterocycles. The van der Waals surface area contributed by atoms with Gasteiger partial charge in [-0.3, -0.25) is 0 Å². The summed E-state index contributed by atoms with van der Waals surface area (Å²) in [4.78, 5) is 24.1. The second-order valence-corrected chi connectivity index (χ2v) is 9.41. The normalized spacial score (nSPS) is 18.2. The Morgan fingerprint density at radius 3 is 2.71 bits per heavy atom. The van der Waals surface area contributed by atoms with Gasteiger partial charge in [-0.25, -0.2) is 9.78 Å². The van der Waals surface area contributed by atoms with Gasteiger partial charge in [0.2, 0.25) is 5.82 Å². The Hall–Kier alpha value is -3.54. The van der Waals surface area contributed by atoms with E-state index in [1.54, 1.807) is 11.3 Å². The van der Waals surface area contributed by atoms with Crippen molar-refractivity contribution in [2.45, 2.75) is 18.9 Å². The molecule has 2 aromatic carbocycles. The summed E-state index contributed by atoms with van der Waals surface area (Å²) in [6.45, 7) is 3.82. The van der Waals surface area contributed by atoms with E-state index in [4.69, 9.17) is 19.0 Å². The lowest BCUT2D eigenvalue weighted by atomic mass is 10.2. The van der Waals surface area contributed by atoms with Crippen LogP contribution in [-0.4, -0.2) is 54.1 Å². The molecule has 2 saturated heterocycles. The van der Waals surface area contributed by atoms with Crippen molar-refractivity contribution in [3.8, 4) is 11.4 Å². The van der Waals surface area contributed by atoms with Crippen LogP contribution in [0.1, 0.15) is 24.8 Å². The predicted octanol–water partition coefficient (Wildman–Crippen LogP) is 4.68. The number of carbonyl (C=O) groups excluding carboxylic acids is 1. The van der Waals surface area contributed by atoms with Gasteiger partial charge in [0, 0.05) is 36.6 Å². The summed E-state index contributed by atoms with van der Waals surface area (Å²) >= 11 is 1.62. The molecule has 0 bridgehead atoms. The fourth-order valence-electron chi connectivity index (χ4n) is 4.17. The molecule has 10 nitrogen and oxygen atoms in total. The zero-order chi connectivity index (χ0) is 23.6. The smallest absolute Gasteiger partial charge is 0.323 e. The van der Waals surface area contributed by atoms with Crippen molar-refractivity contribution in [3.05, 3.63) is 48.4 Å². The molecule has 2 aromatic heterocycles. The summed E-state index contributed by atoms with van der Waals surface area (Å²) in [5.41, 5.74) is 2.98. The highest BCUT2D eigenvalue weighted by molar-refractivity contribution is 7.22. The van der Waals surface area contributed by atoms with Crippen LogP contribution in [0.15, 0.2) is 47.0 Å². The van der Waals surface area contributed by atoms with E-state index in [9.17, 15) is 4.79 Å². The molecule has 180 valence electrons. The van der Waals surface area contributed by atoms with Crippen LogP contribution in [0, 0.1) is 0 Å². The number of benzene rings is 2. The average Bonchev–Trinajstić information content (AvgIpc) is 3.65. The number of rotatable bonds is 5. The number of urea groups is 1. The van der Waals surface area contributed by atoms with Crippen LogP contribution in [-0.2, 0) is 9.47 Å². The molecule has 0 aliphatic carbocycles. The van der Waals surface area contributed by atoms with E-state index in [2.05, 4.69) is 25.7 Å². The summed E-state index contributed by atoms with van der Waals surface area (Å²) in [6.07, 6.45) is 1.73. The monoisotopic (exact) mass is 492 g/mol. The van der Waals surface area contributed by atoms with Gasteiger partial charge in [-0.05, 0) is 43.2 Å². The van der Waals surface area contributed by atoms with E-state index in [0.717, 1.165) is 46.8 Å².